The van der Waals surface area contributed by atoms with E-state index in [-0.39, 0.29) is 0 Å². The van der Waals surface area contributed by atoms with Crippen molar-refractivity contribution in [2.24, 2.45) is 0 Å². The number of hydrogen-bond acceptors (Lipinski definition) is 1. The van der Waals surface area contributed by atoms with E-state index in [0.717, 1.165) is 13.7 Å². The van der Waals surface area contributed by atoms with Crippen molar-refractivity contribution in [3.8, 4) is 0 Å². The summed E-state index contributed by atoms with van der Waals surface area (Å²) >= 11 is 17.6. The van der Waals surface area contributed by atoms with Crippen LogP contribution in [0.4, 0.5) is 0 Å². The molecule has 84 valence electrons. The van der Waals surface area contributed by atoms with E-state index in [1.165, 1.54) is 0 Å². The van der Waals surface area contributed by atoms with E-state index >= 15 is 0 Å². The molecule has 16 heavy (non-hydrogen) atoms. The molecule has 0 atom stereocenters. The Kier molecular flexibility index (Phi) is 4.15. The lowest BCUT2D eigenvalue weighted by molar-refractivity contribution is 0.681. The first kappa shape index (κ1) is 12.7. The molecule has 0 aliphatic rings. The summed E-state index contributed by atoms with van der Waals surface area (Å²) in [7, 11) is 0. The molecule has 2 aromatic rings. The molecule has 0 aliphatic heterocycles. The van der Waals surface area contributed by atoms with Crippen LogP contribution in [-0.4, -0.2) is 9.78 Å². The van der Waals surface area contributed by atoms with Gasteiger partial charge in [-0.25, -0.2) is 0 Å². The summed E-state index contributed by atoms with van der Waals surface area (Å²) in [6.07, 6.45) is 1.92. The average molecular weight is 432 g/mol. The van der Waals surface area contributed by atoms with Crippen LogP contribution in [0.25, 0.3) is 0 Å². The van der Waals surface area contributed by atoms with Crippen LogP contribution in [0.2, 0.25) is 10.0 Å². The number of halogens is 4. The van der Waals surface area contributed by atoms with Crippen molar-refractivity contribution in [1.29, 1.82) is 0 Å². The molecule has 0 spiro atoms. The average Bonchev–Trinajstić information content (AvgIpc) is 2.52. The zero-order chi connectivity index (χ0) is 11.7. The Morgan fingerprint density at radius 1 is 1.38 bits per heavy atom. The molecule has 2 rings (SSSR count). The molecule has 2 nitrogen and oxygen atoms in total. The van der Waals surface area contributed by atoms with E-state index in [9.17, 15) is 0 Å². The topological polar surface area (TPSA) is 17.8 Å². The maximum Gasteiger partial charge on any atom is 0.137 e. The second-order valence-electron chi connectivity index (χ2n) is 3.20. The summed E-state index contributed by atoms with van der Waals surface area (Å²) < 4.78 is 3.73. The summed E-state index contributed by atoms with van der Waals surface area (Å²) in [4.78, 5) is 0. The van der Waals surface area contributed by atoms with Crippen molar-refractivity contribution in [2.75, 3.05) is 0 Å². The van der Waals surface area contributed by atoms with Crippen molar-refractivity contribution >= 4 is 61.7 Å². The van der Waals surface area contributed by atoms with Gasteiger partial charge in [0.05, 0.1) is 11.0 Å². The molecule has 0 radical (unpaired) electrons. The van der Waals surface area contributed by atoms with Crippen LogP contribution in [0, 0.1) is 3.70 Å². The zero-order valence-corrected chi connectivity index (χ0v) is 13.2. The number of hydrogen-bond donors (Lipinski definition) is 0. The van der Waals surface area contributed by atoms with Gasteiger partial charge in [-0.2, -0.15) is 5.10 Å². The van der Waals surface area contributed by atoms with Gasteiger partial charge in [0.25, 0.3) is 0 Å². The maximum atomic E-state index is 6.08. The van der Waals surface area contributed by atoms with Crippen LogP contribution in [0.15, 0.2) is 28.9 Å². The van der Waals surface area contributed by atoms with Gasteiger partial charge in [0.15, 0.2) is 0 Å². The Balaban J connectivity index is 2.29. The molecular formula is C10H6BrCl2IN2. The maximum absolute atomic E-state index is 6.08. The molecule has 0 fully saturated rings. The van der Waals surface area contributed by atoms with E-state index < -0.39 is 0 Å². The van der Waals surface area contributed by atoms with Crippen LogP contribution in [0.5, 0.6) is 0 Å². The Hall–Kier alpha value is 0.220. The minimum Gasteiger partial charge on any atom is -0.266 e. The molecule has 0 unspecified atom stereocenters. The molecule has 1 aromatic heterocycles. The van der Waals surface area contributed by atoms with Crippen molar-refractivity contribution in [3.05, 3.63) is 48.2 Å². The van der Waals surface area contributed by atoms with Crippen molar-refractivity contribution in [2.45, 2.75) is 6.54 Å². The highest BCUT2D eigenvalue weighted by Crippen LogP contribution is 2.23. The summed E-state index contributed by atoms with van der Waals surface area (Å²) in [5, 5.41) is 5.71. The van der Waals surface area contributed by atoms with Crippen molar-refractivity contribution in [3.63, 3.8) is 0 Å². The summed E-state index contributed by atoms with van der Waals surface area (Å²) in [6.45, 7) is 0.612. The molecule has 0 amide bonds. The largest absolute Gasteiger partial charge is 0.266 e. The summed E-state index contributed by atoms with van der Waals surface area (Å²) in [6, 6.07) is 5.42. The minimum absolute atomic E-state index is 0.612. The van der Waals surface area contributed by atoms with E-state index in [1.807, 2.05) is 16.9 Å². The molecule has 0 saturated heterocycles. The quantitative estimate of drug-likeness (QED) is 0.635. The van der Waals surface area contributed by atoms with Gasteiger partial charge in [0.2, 0.25) is 0 Å². The standard InChI is InChI=1S/C10H6BrCl2IN2/c11-8-5-16(15-10(8)14)4-6-3-7(12)1-2-9(6)13/h1-3,5H,4H2. The van der Waals surface area contributed by atoms with Crippen LogP contribution in [-0.2, 0) is 6.54 Å². The Bertz CT molecular complexity index is 508. The van der Waals surface area contributed by atoms with Gasteiger partial charge < -0.3 is 0 Å². The van der Waals surface area contributed by atoms with Gasteiger partial charge in [-0.3, -0.25) is 4.68 Å². The molecule has 0 aliphatic carbocycles. The fraction of sp³-hybridized carbons (Fsp3) is 0.100. The fourth-order valence-electron chi connectivity index (χ4n) is 1.29. The number of rotatable bonds is 2. The van der Waals surface area contributed by atoms with Crippen molar-refractivity contribution < 1.29 is 0 Å². The number of nitrogens with zero attached hydrogens (tertiary/aromatic N) is 2. The highest BCUT2D eigenvalue weighted by atomic mass is 127. The van der Waals surface area contributed by atoms with Gasteiger partial charge in [-0.15, -0.1) is 0 Å². The van der Waals surface area contributed by atoms with E-state index in [0.29, 0.717) is 16.6 Å². The van der Waals surface area contributed by atoms with Crippen LogP contribution in [0.3, 0.4) is 0 Å². The van der Waals surface area contributed by atoms with Gasteiger partial charge >= 0.3 is 0 Å². The van der Waals surface area contributed by atoms with Crippen LogP contribution in [0.1, 0.15) is 5.56 Å². The Morgan fingerprint density at radius 3 is 2.75 bits per heavy atom. The lowest BCUT2D eigenvalue weighted by Crippen LogP contribution is -2.01. The molecular weight excluding hydrogens is 426 g/mol. The predicted molar refractivity (Wildman–Crippen MR) is 78.2 cm³/mol. The smallest absolute Gasteiger partial charge is 0.137 e. The Morgan fingerprint density at radius 2 is 2.12 bits per heavy atom. The second kappa shape index (κ2) is 5.25. The molecule has 0 N–H and O–H groups in total. The summed E-state index contributed by atoms with van der Waals surface area (Å²) in [5.74, 6) is 0. The van der Waals surface area contributed by atoms with E-state index in [2.05, 4.69) is 43.6 Å². The lowest BCUT2D eigenvalue weighted by Gasteiger charge is -2.04. The molecule has 0 bridgehead atoms. The number of benzene rings is 1. The van der Waals surface area contributed by atoms with E-state index in [1.54, 1.807) is 12.1 Å². The third-order valence-corrected chi connectivity index (χ3v) is 4.74. The highest BCUT2D eigenvalue weighted by molar-refractivity contribution is 14.1. The first-order chi connectivity index (χ1) is 7.56. The molecule has 1 aromatic carbocycles. The zero-order valence-electron chi connectivity index (χ0n) is 7.92. The van der Waals surface area contributed by atoms with Gasteiger partial charge in [0.1, 0.15) is 3.70 Å². The first-order valence-electron chi connectivity index (χ1n) is 4.38. The van der Waals surface area contributed by atoms with Crippen LogP contribution >= 0.6 is 61.7 Å². The number of aromatic nitrogens is 2. The van der Waals surface area contributed by atoms with Crippen molar-refractivity contribution in [1.82, 2.24) is 9.78 Å². The van der Waals surface area contributed by atoms with Gasteiger partial charge in [-0.05, 0) is 62.3 Å². The summed E-state index contributed by atoms with van der Waals surface area (Å²) in [5.41, 5.74) is 0.959. The van der Waals surface area contributed by atoms with Gasteiger partial charge in [-0.1, -0.05) is 23.2 Å². The minimum atomic E-state index is 0.612. The predicted octanol–water partition coefficient (Wildman–Crippen LogP) is 4.61. The van der Waals surface area contributed by atoms with E-state index in [4.69, 9.17) is 23.2 Å². The van der Waals surface area contributed by atoms with Gasteiger partial charge in [0, 0.05) is 16.2 Å². The molecule has 0 saturated carbocycles. The highest BCUT2D eigenvalue weighted by Gasteiger charge is 2.06. The fourth-order valence-corrected chi connectivity index (χ4v) is 2.40. The lowest BCUT2D eigenvalue weighted by atomic mass is 10.2. The second-order valence-corrected chi connectivity index (χ2v) is 5.92. The molecule has 6 heteroatoms. The molecule has 1 heterocycles. The first-order valence-corrected chi connectivity index (χ1v) is 7.01. The monoisotopic (exact) mass is 430 g/mol. The Labute approximate surface area is 125 Å². The third kappa shape index (κ3) is 2.91. The van der Waals surface area contributed by atoms with Crippen LogP contribution < -0.4 is 0 Å². The normalized spacial score (nSPS) is 10.8. The SMILES string of the molecule is Clc1ccc(Cl)c(Cn2cc(Br)c(I)n2)c1. The third-order valence-electron chi connectivity index (χ3n) is 2.02.